The summed E-state index contributed by atoms with van der Waals surface area (Å²) in [4.78, 5) is 12.5. The molecule has 210 valence electrons. The first-order valence-electron chi connectivity index (χ1n) is 12.4. The molecule has 1 aliphatic carbocycles. The molecule has 3 rings (SSSR count). The smallest absolute Gasteiger partial charge is 0.420 e. The second-order valence-corrected chi connectivity index (χ2v) is 13.4. The van der Waals surface area contributed by atoms with Gasteiger partial charge in [-0.2, -0.15) is 13.2 Å². The fourth-order valence-electron chi connectivity index (χ4n) is 5.10. The summed E-state index contributed by atoms with van der Waals surface area (Å²) in [5.74, 6) is -6.99. The molecule has 1 aromatic carbocycles. The molecule has 0 unspecified atom stereocenters. The first-order valence-corrected chi connectivity index (χ1v) is 13.8. The Kier molecular flexibility index (Phi) is 8.13. The van der Waals surface area contributed by atoms with Gasteiger partial charge in [-0.15, -0.1) is 0 Å². The Bertz CT molecular complexity index is 1110. The number of sulfone groups is 1. The normalized spacial score (nSPS) is 22.8. The zero-order chi connectivity index (χ0) is 28.0. The second kappa shape index (κ2) is 10.2. The Labute approximate surface area is 214 Å². The van der Waals surface area contributed by atoms with Crippen molar-refractivity contribution in [2.45, 2.75) is 94.0 Å². The van der Waals surface area contributed by atoms with Crippen LogP contribution in [0.4, 0.5) is 27.6 Å². The van der Waals surface area contributed by atoms with Crippen LogP contribution in [-0.4, -0.2) is 49.4 Å². The van der Waals surface area contributed by atoms with E-state index in [0.717, 1.165) is 31.9 Å². The first-order chi connectivity index (χ1) is 16.9. The highest BCUT2D eigenvalue weighted by atomic mass is 32.2. The van der Waals surface area contributed by atoms with E-state index in [4.69, 9.17) is 9.84 Å². The van der Waals surface area contributed by atoms with Gasteiger partial charge in [-0.1, -0.05) is 12.8 Å². The van der Waals surface area contributed by atoms with Crippen LogP contribution >= 0.6 is 0 Å². The molecule has 1 aromatic rings. The zero-order valence-corrected chi connectivity index (χ0v) is 22.2. The molecule has 0 aromatic heterocycles. The Morgan fingerprint density at radius 2 is 1.78 bits per heavy atom. The van der Waals surface area contributed by atoms with Crippen LogP contribution in [0.15, 0.2) is 17.0 Å². The van der Waals surface area contributed by atoms with Crippen molar-refractivity contribution in [2.24, 2.45) is 11.8 Å². The number of aliphatic carboxylic acids is 1. The highest BCUT2D eigenvalue weighted by Gasteiger charge is 2.50. The van der Waals surface area contributed by atoms with Crippen molar-refractivity contribution in [2.75, 3.05) is 18.1 Å². The average Bonchev–Trinajstić information content (AvgIpc) is 3.28. The van der Waals surface area contributed by atoms with Crippen molar-refractivity contribution in [1.29, 1.82) is 0 Å². The molecule has 1 N–H and O–H groups in total. The standard InChI is InChI=1S/C25H34F5NO5S/c1-15(22(32)33)14-36-20-12-21-19(11-18(20)25(28,29)30)31(17-7-5-6-8-17)13-16(9-10-24(4,26)27)23(2,3)37(21,34)35/h11-12,15-17H,5-10,13-14H2,1-4H3,(H,32,33)/t15-,16-/m1/s1. The van der Waals surface area contributed by atoms with Crippen LogP contribution in [0, 0.1) is 11.8 Å². The van der Waals surface area contributed by atoms with Crippen LogP contribution < -0.4 is 9.64 Å². The molecule has 1 aliphatic heterocycles. The number of carboxylic acids is 1. The lowest BCUT2D eigenvalue weighted by molar-refractivity contribution is -0.142. The lowest BCUT2D eigenvalue weighted by Gasteiger charge is -2.37. The highest BCUT2D eigenvalue weighted by Crippen LogP contribution is 2.49. The van der Waals surface area contributed by atoms with E-state index in [0.29, 0.717) is 12.8 Å². The van der Waals surface area contributed by atoms with Crippen molar-refractivity contribution in [3.8, 4) is 5.75 Å². The van der Waals surface area contributed by atoms with Crippen LogP contribution in [-0.2, 0) is 20.8 Å². The predicted octanol–water partition coefficient (Wildman–Crippen LogP) is 6.17. The molecule has 37 heavy (non-hydrogen) atoms. The van der Waals surface area contributed by atoms with E-state index in [1.165, 1.54) is 20.8 Å². The van der Waals surface area contributed by atoms with Crippen molar-refractivity contribution in [1.82, 2.24) is 0 Å². The lowest BCUT2D eigenvalue weighted by atomic mass is 9.88. The van der Waals surface area contributed by atoms with E-state index >= 15 is 0 Å². The number of nitrogens with zero attached hydrogens (tertiary/aromatic N) is 1. The number of benzene rings is 1. The molecule has 0 radical (unpaired) electrons. The number of fused-ring (bicyclic) bond motifs is 1. The van der Waals surface area contributed by atoms with Crippen LogP contribution in [0.25, 0.3) is 0 Å². The maximum atomic E-state index is 14.1. The van der Waals surface area contributed by atoms with E-state index in [-0.39, 0.29) is 29.6 Å². The monoisotopic (exact) mass is 555 g/mol. The molecule has 0 spiro atoms. The van der Waals surface area contributed by atoms with Gasteiger partial charge in [0, 0.05) is 25.1 Å². The Hall–Kier alpha value is -2.11. The lowest BCUT2D eigenvalue weighted by Crippen LogP contribution is -2.45. The Balaban J connectivity index is 2.22. The first kappa shape index (κ1) is 29.4. The maximum Gasteiger partial charge on any atom is 0.420 e. The van der Waals surface area contributed by atoms with E-state index < -0.39 is 68.8 Å². The minimum atomic E-state index is -4.91. The number of ether oxygens (including phenoxy) is 1. The SMILES string of the molecule is C[C@H](COc1cc2c(cc1C(F)(F)F)N(C1CCCC1)C[C@@H](CCC(C)(F)F)C(C)(C)S2(=O)=O)C(=O)O. The highest BCUT2D eigenvalue weighted by molar-refractivity contribution is 7.93. The van der Waals surface area contributed by atoms with Gasteiger partial charge in [0.15, 0.2) is 9.84 Å². The number of anilines is 1. The molecule has 0 amide bonds. The van der Waals surface area contributed by atoms with E-state index in [1.54, 1.807) is 4.90 Å². The van der Waals surface area contributed by atoms with Gasteiger partial charge in [0.1, 0.15) is 12.4 Å². The molecule has 1 heterocycles. The summed E-state index contributed by atoms with van der Waals surface area (Å²) in [6, 6.07) is 1.37. The number of rotatable bonds is 8. The van der Waals surface area contributed by atoms with Crippen molar-refractivity contribution >= 4 is 21.5 Å². The number of carboxylic acid groups (broad SMARTS) is 1. The van der Waals surface area contributed by atoms with Gasteiger partial charge in [-0.3, -0.25) is 4.79 Å². The summed E-state index contributed by atoms with van der Waals surface area (Å²) in [6.07, 6.45) is -2.65. The number of halogens is 5. The van der Waals surface area contributed by atoms with Gasteiger partial charge >= 0.3 is 12.1 Å². The van der Waals surface area contributed by atoms with Crippen LogP contribution in [0.5, 0.6) is 5.75 Å². The molecule has 2 atom stereocenters. The third-order valence-electron chi connectivity index (χ3n) is 7.67. The van der Waals surface area contributed by atoms with Gasteiger partial charge in [0.25, 0.3) is 0 Å². The summed E-state index contributed by atoms with van der Waals surface area (Å²) in [7, 11) is -4.33. The third kappa shape index (κ3) is 6.15. The van der Waals surface area contributed by atoms with Gasteiger partial charge < -0.3 is 14.7 Å². The zero-order valence-electron chi connectivity index (χ0n) is 21.4. The van der Waals surface area contributed by atoms with Crippen molar-refractivity contribution in [3.05, 3.63) is 17.7 Å². The fraction of sp³-hybridized carbons (Fsp3) is 0.720. The number of hydrogen-bond donors (Lipinski definition) is 1. The summed E-state index contributed by atoms with van der Waals surface area (Å²) < 4.78 is 102. The summed E-state index contributed by atoms with van der Waals surface area (Å²) in [5, 5.41) is 9.10. The van der Waals surface area contributed by atoms with Crippen LogP contribution in [0.1, 0.15) is 71.8 Å². The number of hydrogen-bond acceptors (Lipinski definition) is 5. The number of alkyl halides is 5. The van der Waals surface area contributed by atoms with Crippen molar-refractivity contribution < 1.29 is 45.0 Å². The van der Waals surface area contributed by atoms with Crippen molar-refractivity contribution in [3.63, 3.8) is 0 Å². The topological polar surface area (TPSA) is 83.9 Å². The molecule has 2 aliphatic rings. The molecule has 1 fully saturated rings. The minimum Gasteiger partial charge on any atom is -0.492 e. The van der Waals surface area contributed by atoms with Crippen LogP contribution in [0.2, 0.25) is 0 Å². The van der Waals surface area contributed by atoms with Gasteiger partial charge in [-0.25, -0.2) is 17.2 Å². The van der Waals surface area contributed by atoms with E-state index in [2.05, 4.69) is 0 Å². The molecule has 0 bridgehead atoms. The minimum absolute atomic E-state index is 0.0214. The molecular weight excluding hydrogens is 521 g/mol. The maximum absolute atomic E-state index is 14.1. The predicted molar refractivity (Wildman–Crippen MR) is 128 cm³/mol. The fourth-order valence-corrected chi connectivity index (χ4v) is 7.01. The molecule has 6 nitrogen and oxygen atoms in total. The average molecular weight is 556 g/mol. The number of carbonyl (C=O) groups is 1. The molecule has 1 saturated carbocycles. The Morgan fingerprint density at radius 3 is 2.30 bits per heavy atom. The van der Waals surface area contributed by atoms with Crippen LogP contribution in [0.3, 0.4) is 0 Å². The van der Waals surface area contributed by atoms with E-state index in [1.807, 2.05) is 0 Å². The second-order valence-electron chi connectivity index (χ2n) is 10.9. The van der Waals surface area contributed by atoms with Gasteiger partial charge in [0.2, 0.25) is 5.92 Å². The molecular formula is C25H34F5NO5S. The van der Waals surface area contributed by atoms with E-state index in [9.17, 15) is 35.2 Å². The summed E-state index contributed by atoms with van der Waals surface area (Å²) >= 11 is 0. The molecule has 12 heteroatoms. The third-order valence-corrected chi connectivity index (χ3v) is 10.3. The molecule has 0 saturated heterocycles. The Morgan fingerprint density at radius 1 is 1.19 bits per heavy atom. The summed E-state index contributed by atoms with van der Waals surface area (Å²) in [5.41, 5.74) is -1.32. The quantitative estimate of drug-likeness (QED) is 0.386. The van der Waals surface area contributed by atoms with Gasteiger partial charge in [0.05, 0.1) is 26.8 Å². The van der Waals surface area contributed by atoms with Gasteiger partial charge in [-0.05, 0) is 58.9 Å². The summed E-state index contributed by atoms with van der Waals surface area (Å²) in [6.45, 7) is 4.29. The largest absolute Gasteiger partial charge is 0.492 e.